The predicted octanol–water partition coefficient (Wildman–Crippen LogP) is 49.6. The zero-order chi connectivity index (χ0) is 122. The first-order valence-corrected chi connectivity index (χ1v) is 55.6. The molecule has 0 N–H and O–H groups in total. The van der Waals surface area contributed by atoms with Gasteiger partial charge >= 0.3 is 0 Å². The van der Waals surface area contributed by atoms with Gasteiger partial charge in [-0.1, -0.05) is 465 Å². The van der Waals surface area contributed by atoms with E-state index in [-0.39, 0.29) is 59.0 Å². The third kappa shape index (κ3) is 16.0. The molecule has 2 aliphatic carbocycles. The smallest absolute Gasteiger partial charge is 0.0266 e. The fourth-order valence-corrected chi connectivity index (χ4v) is 26.2. The summed E-state index contributed by atoms with van der Waals surface area (Å²) in [6.45, 7) is 56.5. The van der Waals surface area contributed by atoms with E-state index in [9.17, 15) is 0 Å². The summed E-state index contributed by atoms with van der Waals surface area (Å²) >= 11 is 8.16. The minimum Gasteiger partial charge on any atom is -0.0616 e. The van der Waals surface area contributed by atoms with Gasteiger partial charge in [-0.15, -0.1) is 0 Å². The van der Waals surface area contributed by atoms with E-state index in [4.69, 9.17) is 26.7 Å². The van der Waals surface area contributed by atoms with E-state index < -0.39 is 0 Å². The van der Waals surface area contributed by atoms with Crippen molar-refractivity contribution in [1.82, 2.24) is 0 Å². The number of hydrogen-bond donors (Lipinski definition) is 0. The molecule has 0 spiro atoms. The van der Waals surface area contributed by atoms with E-state index in [1.807, 2.05) is 0 Å². The van der Waals surface area contributed by atoms with Crippen molar-refractivity contribution >= 4 is 183 Å². The highest BCUT2D eigenvalue weighted by Gasteiger charge is 2.35. The second-order valence-electron chi connectivity index (χ2n) is 51.9. The maximum Gasteiger partial charge on any atom is 0.0266 e. The molecule has 2 heteroatoms. The molecule has 0 atom stereocenters. The fraction of sp³-hybridized carbons (Fsp3) is 0.216. The quantitative estimate of drug-likeness (QED) is 0.146. The molecule has 150 heavy (non-hydrogen) atoms. The van der Waals surface area contributed by atoms with Gasteiger partial charge < -0.3 is 0 Å². The molecular weight excluding hydrogens is 1940 g/mol. The Bertz CT molecular complexity index is 9430. The van der Waals surface area contributed by atoms with Crippen LogP contribution in [0.3, 0.4) is 0 Å². The van der Waals surface area contributed by atoms with Crippen LogP contribution in [0.2, 0.25) is 0 Å². The molecule has 0 heterocycles. The average Bonchev–Trinajstić information content (AvgIpc) is 1.55. The zero-order valence-corrected chi connectivity index (χ0v) is 94.4. The number of rotatable bonds is 6. The summed E-state index contributed by atoms with van der Waals surface area (Å²) in [6, 6.07) is 137. The summed E-state index contributed by atoms with van der Waals surface area (Å²) in [4.78, 5) is 0. The lowest BCUT2D eigenvalue weighted by Crippen LogP contribution is -2.16. The van der Waals surface area contributed by atoms with Crippen LogP contribution < -0.4 is 0 Å². The molecule has 24 aromatic carbocycles. The monoisotopic (exact) mass is 2120 g/mol. The number of fused-ring (bicyclic) bond motifs is 26. The molecule has 0 radical (unpaired) electrons. The molecule has 2 aliphatic rings. The minimum atomic E-state index is -0.0553. The van der Waals surface area contributed by atoms with Crippen LogP contribution in [-0.4, -0.2) is 0 Å². The Hall–Kier alpha value is -14.1. The fourth-order valence-electron chi connectivity index (χ4n) is 24.9. The molecule has 24 aromatic rings. The zero-order valence-electron chi connectivity index (χ0n) is 109. The van der Waals surface area contributed by atoms with Crippen LogP contribution in [0.4, 0.5) is 0 Å². The van der Waals surface area contributed by atoms with Crippen molar-refractivity contribution in [2.45, 2.75) is 209 Å². The lowest BCUT2D eigenvalue weighted by molar-refractivity contribution is 0.568. The average molecular weight is 2130 g/mol. The first kappa shape index (κ1) is 86.7. The minimum absolute atomic E-state index is 0. The standard InChI is InChI=1S/C74H66Br2.C74H64.20H2/c1-71(2,3)49-31-47(32-50(39-49)72(4,5)6)61-41-65-58-30-28-46(56-24-18-26-60-54-22-16-14-20-44(54)38-68(76)70(56)60)36-64(58)62(48-33-51(73(7,8)9)40-52(34-48)74(10,11)12)42-66(65)57-29-27-45(35-63(57)61)55-23-17-25-59-53-21-15-13-19-43(53)37-67(75)69(55)59;1-71(2,3)45-27-43(28-46(33-45)72(4,5)6)55-35-61-62(63-39-65-57(37-59(55)63)53-25-17-23-51-49-21-15-13-19-41(49)31-67(65)69(51)53)36-56(44-29-47(73(7,8)9)34-48(30-44)74(10,11)12)60-38-58-54-26-18-24-52-50-22-16-14-20-42(50)32-68(70(52)54)66(58)40-64(60)61;;;;;;;;;;;;;;;;;;;;/h13-42H,1-12H3;13-40H,1-12H3;20*1H/i;;9*1+1D;1+1;;;;;;;;;;. The number of hydrogen-bond acceptors (Lipinski definition) is 0. The molecule has 0 saturated heterocycles. The van der Waals surface area contributed by atoms with Gasteiger partial charge in [0, 0.05) is 62.1 Å². The van der Waals surface area contributed by atoms with Crippen molar-refractivity contribution in [1.29, 1.82) is 0 Å². The van der Waals surface area contributed by atoms with Crippen LogP contribution in [0.1, 0.15) is 253 Å². The van der Waals surface area contributed by atoms with Gasteiger partial charge in [-0.25, -0.2) is 0 Å². The Morgan fingerprint density at radius 1 is 0.140 bits per heavy atom. The maximum atomic E-state index is 5.00. The third-order valence-corrected chi connectivity index (χ3v) is 34.8. The van der Waals surface area contributed by atoms with Gasteiger partial charge in [0.15, 0.2) is 0 Å². The molecule has 0 fully saturated rings. The van der Waals surface area contributed by atoms with Gasteiger partial charge in [0.25, 0.3) is 0 Å². The van der Waals surface area contributed by atoms with Crippen LogP contribution in [0.25, 0.3) is 262 Å². The molecule has 0 aliphatic heterocycles. The number of benzene rings is 24. The van der Waals surface area contributed by atoms with Gasteiger partial charge in [-0.3, -0.25) is 0 Å². The molecule has 776 valence electrons. The Labute approximate surface area is 945 Å². The molecule has 0 aromatic heterocycles. The molecule has 0 bridgehead atoms. The Morgan fingerprint density at radius 3 is 0.620 bits per heavy atom. The van der Waals surface area contributed by atoms with Crippen molar-refractivity contribution in [2.75, 3.05) is 0 Å². The molecule has 0 nitrogen and oxygen atoms in total. The van der Waals surface area contributed by atoms with Gasteiger partial charge in [0.1, 0.15) is 0 Å². The van der Waals surface area contributed by atoms with Crippen LogP contribution >= 0.6 is 31.9 Å². The number of halogens is 2. The Balaban J connectivity index is 0.000000526. The largest absolute Gasteiger partial charge is 0.0616 e. The van der Waals surface area contributed by atoms with Gasteiger partial charge in [0.2, 0.25) is 0 Å². The highest BCUT2D eigenvalue weighted by atomic mass is 79.9. The van der Waals surface area contributed by atoms with Crippen LogP contribution in [-0.2, 0) is 43.3 Å². The molecule has 0 amide bonds. The lowest BCUT2D eigenvalue weighted by atomic mass is 9.77. The van der Waals surface area contributed by atoms with Crippen molar-refractivity contribution in [3.63, 3.8) is 0 Å². The first-order valence-electron chi connectivity index (χ1n) is 63.0. The van der Waals surface area contributed by atoms with E-state index in [1.165, 1.54) is 307 Å². The second kappa shape index (κ2) is 34.2. The lowest BCUT2D eigenvalue weighted by Gasteiger charge is -2.27. The van der Waals surface area contributed by atoms with Crippen molar-refractivity contribution in [2.24, 2.45) is 0 Å². The summed E-state index contributed by atoms with van der Waals surface area (Å²) < 4.78 is 92.2. The summed E-state index contributed by atoms with van der Waals surface area (Å²) in [6.07, 6.45) is 0. The normalized spacial score (nSPS) is 13.6. The highest BCUT2D eigenvalue weighted by molar-refractivity contribution is 9.11. The summed E-state index contributed by atoms with van der Waals surface area (Å²) in [5.74, 6) is 0. The van der Waals surface area contributed by atoms with Crippen molar-refractivity contribution < 1.29 is 42.4 Å². The molecule has 0 unspecified atom stereocenters. The van der Waals surface area contributed by atoms with Crippen LogP contribution in [0.5, 0.6) is 0 Å². The van der Waals surface area contributed by atoms with E-state index >= 15 is 0 Å². The van der Waals surface area contributed by atoms with Crippen molar-refractivity contribution in [3.8, 4) is 111 Å². The van der Waals surface area contributed by atoms with E-state index in [2.05, 4.69) is 550 Å². The molecular formula is C148H170Br2. The summed E-state index contributed by atoms with van der Waals surface area (Å²) in [7, 11) is 0. The predicted molar refractivity (Wildman–Crippen MR) is 707 cm³/mol. The molecule has 0 saturated carbocycles. The van der Waals surface area contributed by atoms with Gasteiger partial charge in [-0.05, 0) is 424 Å². The van der Waals surface area contributed by atoms with E-state index in [1.54, 1.807) is 0 Å². The highest BCUT2D eigenvalue weighted by Crippen LogP contribution is 2.59. The van der Waals surface area contributed by atoms with Gasteiger partial charge in [-0.2, -0.15) is 0 Å². The summed E-state index contributed by atoms with van der Waals surface area (Å²) in [5.41, 5.74) is 36.0. The third-order valence-electron chi connectivity index (χ3n) is 33.5. The summed E-state index contributed by atoms with van der Waals surface area (Å²) in [5, 5.41) is 35.8. The molecule has 26 rings (SSSR count). The van der Waals surface area contributed by atoms with Gasteiger partial charge in [0.05, 0.1) is 0 Å². The van der Waals surface area contributed by atoms with Crippen LogP contribution in [0.15, 0.2) is 361 Å². The van der Waals surface area contributed by atoms with E-state index in [0.717, 1.165) is 8.95 Å². The second-order valence-corrected chi connectivity index (χ2v) is 53.6. The topological polar surface area (TPSA) is 0 Å². The van der Waals surface area contributed by atoms with E-state index in [0.29, 0.717) is 0 Å². The maximum absolute atomic E-state index is 5.00. The Kier molecular flexibility index (Phi) is 19.8. The van der Waals surface area contributed by atoms with Crippen LogP contribution in [0, 0.1) is 0 Å². The Morgan fingerprint density at radius 2 is 0.347 bits per heavy atom. The van der Waals surface area contributed by atoms with Crippen molar-refractivity contribution in [3.05, 3.63) is 405 Å². The SMILES string of the molecule is CC(C)(C)c1cc(-c2cc3c4cc5c(cc4c(-c4cc(C(C)(C)C)cc(C(C)(C)C)c4)cc3c3cc4c(cc23)-c2cccc3c2c-4cc2ccccc23)-c2cccc3c2c-5cc2ccccc23)cc(C(C)(C)C)c1.CC(C)(C)c1cc(-c2cc3c4ccc(-c5cccc6c5c(Br)cc5ccccc56)cc4c(-c4cc(C(C)(C)C)cc(C(C)(C)C)c4)cc3c3ccc(-c4cccc5c4c(Br)cc4ccccc45)cc23)cc(C(C)(C)C)c1.[2HH].[2H][2H].[2H][2H].[2H][2H].[2H][2H].[2H][2H].[2H][2H].[2H][2H].[2H][2H].[2H][2H].[HH].[HH].[HH].[HH].[HH].[HH].[HH].[HH].[HH].[HH]. The first-order chi connectivity index (χ1) is 80.2.